The Balaban J connectivity index is 5.20. The first-order valence-corrected chi connectivity index (χ1v) is 13.8. The Kier molecular flexibility index (Phi) is 7.65. The fraction of sp³-hybridized carbons (Fsp3) is 0.867. The summed E-state index contributed by atoms with van der Waals surface area (Å²) in [6, 6.07) is 4.33. The molecule has 2 heteroatoms. The van der Waals surface area contributed by atoms with Crippen molar-refractivity contribution in [1.29, 1.82) is 0 Å². The van der Waals surface area contributed by atoms with Crippen molar-refractivity contribution in [2.24, 2.45) is 0 Å². The molecule has 0 saturated heterocycles. The van der Waals surface area contributed by atoms with Gasteiger partial charge < -0.3 is 0 Å². The van der Waals surface area contributed by atoms with Crippen LogP contribution < -0.4 is 0 Å². The molecule has 0 fully saturated rings. The van der Waals surface area contributed by atoms with Gasteiger partial charge in [-0.1, -0.05) is 89.2 Å². The van der Waals surface area contributed by atoms with Crippen LogP contribution in [0.4, 0.5) is 0 Å². The maximum atomic E-state index is 2.76. The fourth-order valence-corrected chi connectivity index (χ4v) is 10.1. The van der Waals surface area contributed by atoms with E-state index in [1.807, 2.05) is 5.20 Å². The van der Waals surface area contributed by atoms with E-state index < -0.39 is 16.1 Å². The fourth-order valence-electron chi connectivity index (χ4n) is 2.81. The first-order valence-electron chi connectivity index (χ1n) is 7.57. The summed E-state index contributed by atoms with van der Waals surface area (Å²) in [6.45, 7) is 17.1. The van der Waals surface area contributed by atoms with Crippen LogP contribution in [-0.2, 0) is 0 Å². The van der Waals surface area contributed by atoms with E-state index in [1.54, 1.807) is 0 Å². The van der Waals surface area contributed by atoms with Gasteiger partial charge >= 0.3 is 0 Å². The van der Waals surface area contributed by atoms with Crippen molar-refractivity contribution in [2.75, 3.05) is 0 Å². The zero-order valence-corrected chi connectivity index (χ0v) is 15.3. The van der Waals surface area contributed by atoms with E-state index in [0.717, 1.165) is 0 Å². The smallest absolute Gasteiger partial charge is 0.0798 e. The van der Waals surface area contributed by atoms with Crippen LogP contribution >= 0.6 is 0 Å². The van der Waals surface area contributed by atoms with Gasteiger partial charge in [-0.25, -0.2) is 0 Å². The van der Waals surface area contributed by atoms with Gasteiger partial charge in [0.2, 0.25) is 0 Å². The van der Waals surface area contributed by atoms with Crippen LogP contribution in [0.15, 0.2) is 10.9 Å². The average Bonchev–Trinajstić information content (AvgIpc) is 2.26. The van der Waals surface area contributed by atoms with Crippen LogP contribution in [0.5, 0.6) is 0 Å². The van der Waals surface area contributed by atoms with E-state index in [0.29, 0.717) is 0 Å². The van der Waals surface area contributed by atoms with Crippen molar-refractivity contribution in [3.8, 4) is 0 Å². The number of hydrogen-bond donors (Lipinski definition) is 0. The predicted octanol–water partition coefficient (Wildman–Crippen LogP) is 6.03. The highest BCUT2D eigenvalue weighted by molar-refractivity contribution is 6.89. The van der Waals surface area contributed by atoms with Gasteiger partial charge in [-0.05, 0) is 6.42 Å². The third-order valence-corrected chi connectivity index (χ3v) is 11.4. The second kappa shape index (κ2) is 7.57. The van der Waals surface area contributed by atoms with Crippen LogP contribution in [0.25, 0.3) is 0 Å². The molecule has 0 atom stereocenters. The van der Waals surface area contributed by atoms with E-state index in [2.05, 4.69) is 53.0 Å². The van der Waals surface area contributed by atoms with Crippen LogP contribution in [0.1, 0.15) is 47.0 Å². The third kappa shape index (κ3) is 5.56. The monoisotopic (exact) mass is 270 g/mol. The van der Waals surface area contributed by atoms with E-state index in [9.17, 15) is 0 Å². The first-order chi connectivity index (χ1) is 7.85. The third-order valence-electron chi connectivity index (χ3n) is 4.12. The second-order valence-corrected chi connectivity index (χ2v) is 16.8. The predicted molar refractivity (Wildman–Crippen MR) is 88.2 cm³/mol. The highest BCUT2D eigenvalue weighted by Gasteiger charge is 2.31. The number of hydrogen-bond acceptors (Lipinski definition) is 0. The lowest BCUT2D eigenvalue weighted by Gasteiger charge is -2.33. The molecule has 0 radical (unpaired) electrons. The van der Waals surface area contributed by atoms with Crippen molar-refractivity contribution in [3.05, 3.63) is 10.9 Å². The van der Waals surface area contributed by atoms with E-state index in [1.165, 1.54) is 37.4 Å². The maximum Gasteiger partial charge on any atom is 0.0798 e. The van der Waals surface area contributed by atoms with Crippen LogP contribution in [-0.4, -0.2) is 16.1 Å². The summed E-state index contributed by atoms with van der Waals surface area (Å²) in [7, 11) is -2.15. The molecule has 0 heterocycles. The van der Waals surface area contributed by atoms with Gasteiger partial charge in [-0.3, -0.25) is 0 Å². The molecular weight excluding hydrogens is 236 g/mol. The number of rotatable bonds is 8. The van der Waals surface area contributed by atoms with Crippen molar-refractivity contribution in [3.63, 3.8) is 0 Å². The van der Waals surface area contributed by atoms with E-state index in [-0.39, 0.29) is 0 Å². The summed E-state index contributed by atoms with van der Waals surface area (Å²) in [6.07, 6.45) is 4.12. The van der Waals surface area contributed by atoms with Crippen molar-refractivity contribution in [2.45, 2.75) is 84.7 Å². The Bertz CT molecular complexity index is 224. The van der Waals surface area contributed by atoms with Gasteiger partial charge in [-0.15, -0.1) is 0 Å². The summed E-state index contributed by atoms with van der Waals surface area (Å²) in [4.78, 5) is 0. The first kappa shape index (κ1) is 17.2. The normalized spacial score (nSPS) is 14.2. The molecular formula is C15H34Si2. The minimum Gasteiger partial charge on any atom is -0.0995 e. The van der Waals surface area contributed by atoms with Gasteiger partial charge in [0.05, 0.1) is 16.1 Å². The zero-order valence-electron chi connectivity index (χ0n) is 13.3. The van der Waals surface area contributed by atoms with Crippen LogP contribution in [0.2, 0.25) is 37.8 Å². The SMILES string of the molecule is CCCC/C(=C\[Si](C)(C)C)[Si](CC)(CC)CC. The largest absolute Gasteiger partial charge is 0.0995 e. The molecule has 0 N–H and O–H groups in total. The van der Waals surface area contributed by atoms with Crippen molar-refractivity contribution >= 4 is 16.1 Å². The Labute approximate surface area is 112 Å². The molecule has 0 saturated carbocycles. The van der Waals surface area contributed by atoms with Gasteiger partial charge in [-0.2, -0.15) is 0 Å². The molecule has 102 valence electrons. The Morgan fingerprint density at radius 1 is 0.882 bits per heavy atom. The summed E-state index contributed by atoms with van der Waals surface area (Å²) >= 11 is 0. The maximum absolute atomic E-state index is 2.76. The highest BCUT2D eigenvalue weighted by atomic mass is 28.3. The molecule has 0 aromatic heterocycles. The quantitative estimate of drug-likeness (QED) is 0.473. The van der Waals surface area contributed by atoms with Gasteiger partial charge in [0.1, 0.15) is 0 Å². The van der Waals surface area contributed by atoms with Gasteiger partial charge in [0.25, 0.3) is 0 Å². The molecule has 0 aliphatic heterocycles. The lowest BCUT2D eigenvalue weighted by atomic mass is 10.2. The number of unbranched alkanes of at least 4 members (excludes halogenated alkanes) is 1. The highest BCUT2D eigenvalue weighted by Crippen LogP contribution is 2.33. The average molecular weight is 271 g/mol. The molecule has 0 aliphatic carbocycles. The molecule has 0 aliphatic rings. The van der Waals surface area contributed by atoms with E-state index in [4.69, 9.17) is 0 Å². The van der Waals surface area contributed by atoms with Gasteiger partial charge in [0, 0.05) is 0 Å². The topological polar surface area (TPSA) is 0 Å². The Morgan fingerprint density at radius 3 is 1.65 bits per heavy atom. The molecule has 0 rings (SSSR count). The minimum absolute atomic E-state index is 1.06. The van der Waals surface area contributed by atoms with E-state index >= 15 is 0 Å². The lowest BCUT2D eigenvalue weighted by Crippen LogP contribution is -2.36. The Hall–Kier alpha value is 0.174. The summed E-state index contributed by atoms with van der Waals surface area (Å²) in [5.41, 5.74) is 2.76. The molecule has 0 nitrogen and oxygen atoms in total. The molecule has 17 heavy (non-hydrogen) atoms. The van der Waals surface area contributed by atoms with Gasteiger partial charge in [0.15, 0.2) is 0 Å². The molecule has 0 aromatic rings. The van der Waals surface area contributed by atoms with Crippen LogP contribution in [0.3, 0.4) is 0 Å². The second-order valence-electron chi connectivity index (χ2n) is 6.48. The molecule has 0 amide bonds. The minimum atomic E-state index is -1.10. The summed E-state index contributed by atoms with van der Waals surface area (Å²) < 4.78 is 0. The standard InChI is InChI=1S/C15H34Si2/c1-8-12-13-15(14-16(5,6)7)17(9-2,10-3)11-4/h14H,8-13H2,1-7H3/b15-14+. The van der Waals surface area contributed by atoms with Crippen molar-refractivity contribution < 1.29 is 0 Å². The molecule has 0 bridgehead atoms. The number of allylic oxidation sites excluding steroid dienone is 1. The Morgan fingerprint density at radius 2 is 1.35 bits per heavy atom. The summed E-state index contributed by atoms with van der Waals surface area (Å²) in [5.74, 6) is 0. The lowest BCUT2D eigenvalue weighted by molar-refractivity contribution is 0.799. The molecule has 0 unspecified atom stereocenters. The van der Waals surface area contributed by atoms with Crippen LogP contribution in [0, 0.1) is 0 Å². The molecule has 0 aromatic carbocycles. The summed E-state index contributed by atoms with van der Waals surface area (Å²) in [5, 5.41) is 1.92. The van der Waals surface area contributed by atoms with Crippen molar-refractivity contribution in [1.82, 2.24) is 0 Å². The molecule has 0 spiro atoms. The zero-order chi connectivity index (χ0) is 13.5.